The van der Waals surface area contributed by atoms with Crippen LogP contribution in [0.3, 0.4) is 0 Å². The maximum atomic E-state index is 13.3. The molecule has 2 N–H and O–H groups in total. The summed E-state index contributed by atoms with van der Waals surface area (Å²) in [5.74, 6) is 0.921. The van der Waals surface area contributed by atoms with Crippen LogP contribution in [0.25, 0.3) is 22.4 Å². The van der Waals surface area contributed by atoms with Gasteiger partial charge in [0.25, 0.3) is 17.5 Å². The van der Waals surface area contributed by atoms with Gasteiger partial charge in [-0.1, -0.05) is 17.3 Å². The van der Waals surface area contributed by atoms with Crippen molar-refractivity contribution in [2.45, 2.75) is 27.3 Å². The third kappa shape index (κ3) is 4.58. The van der Waals surface area contributed by atoms with E-state index in [1.54, 1.807) is 43.6 Å². The average molecular weight is 482 g/mol. The van der Waals surface area contributed by atoms with Crippen LogP contribution >= 0.6 is 0 Å². The van der Waals surface area contributed by atoms with Crippen molar-refractivity contribution in [2.24, 2.45) is 0 Å². The maximum Gasteiger partial charge on any atom is 0.259 e. The van der Waals surface area contributed by atoms with Gasteiger partial charge in [0.05, 0.1) is 22.3 Å². The van der Waals surface area contributed by atoms with Crippen molar-refractivity contribution in [2.75, 3.05) is 5.32 Å². The van der Waals surface area contributed by atoms with Gasteiger partial charge in [0.2, 0.25) is 0 Å². The standard InChI is InChI=1S/C27H23N5O4/c1-15-11-21(17(3)35-15)23-13-22(24-16(2)32-36-27(24)31-23)26(34)29-14-18-5-4-6-20(12-18)30-25(33)19-7-9-28-10-8-19/h4-13H,14H2,1-3H3,(H,29,34)(H,30,33). The van der Waals surface area contributed by atoms with Crippen molar-refractivity contribution in [1.29, 1.82) is 0 Å². The number of benzene rings is 1. The molecule has 2 amide bonds. The summed E-state index contributed by atoms with van der Waals surface area (Å²) in [6, 6.07) is 14.2. The molecule has 0 fully saturated rings. The van der Waals surface area contributed by atoms with E-state index in [0.717, 1.165) is 16.9 Å². The van der Waals surface area contributed by atoms with E-state index in [1.807, 2.05) is 38.1 Å². The third-order valence-electron chi connectivity index (χ3n) is 5.76. The molecule has 4 heterocycles. The fourth-order valence-corrected chi connectivity index (χ4v) is 4.04. The number of hydrogen-bond acceptors (Lipinski definition) is 7. The Morgan fingerprint density at radius 3 is 2.53 bits per heavy atom. The van der Waals surface area contributed by atoms with Crippen LogP contribution in [0.1, 0.15) is 43.5 Å². The number of carbonyl (C=O) groups is 2. The number of furan rings is 1. The molecular formula is C27H23N5O4. The molecule has 0 aliphatic rings. The van der Waals surface area contributed by atoms with Crippen molar-refractivity contribution in [1.82, 2.24) is 20.4 Å². The minimum Gasteiger partial charge on any atom is -0.466 e. The zero-order chi connectivity index (χ0) is 25.2. The molecule has 180 valence electrons. The monoisotopic (exact) mass is 481 g/mol. The Bertz CT molecular complexity index is 1590. The van der Waals surface area contributed by atoms with Gasteiger partial charge in [0, 0.05) is 35.8 Å². The first kappa shape index (κ1) is 23.0. The van der Waals surface area contributed by atoms with Gasteiger partial charge in [-0.2, -0.15) is 0 Å². The Labute approximate surface area is 206 Å². The maximum absolute atomic E-state index is 13.3. The highest BCUT2D eigenvalue weighted by atomic mass is 16.5. The number of nitrogens with zero attached hydrogens (tertiary/aromatic N) is 3. The molecule has 9 nitrogen and oxygen atoms in total. The predicted octanol–water partition coefficient (Wildman–Crippen LogP) is 4.99. The largest absolute Gasteiger partial charge is 0.466 e. The van der Waals surface area contributed by atoms with Gasteiger partial charge in [-0.05, 0) is 62.7 Å². The number of fused-ring (bicyclic) bond motifs is 1. The Morgan fingerprint density at radius 1 is 0.972 bits per heavy atom. The molecule has 0 spiro atoms. The molecule has 0 bridgehead atoms. The fraction of sp³-hybridized carbons (Fsp3) is 0.148. The summed E-state index contributed by atoms with van der Waals surface area (Å²) in [4.78, 5) is 34.2. The van der Waals surface area contributed by atoms with Crippen LogP contribution in [0.5, 0.6) is 0 Å². The second kappa shape index (κ2) is 9.46. The minimum atomic E-state index is -0.293. The number of amides is 2. The average Bonchev–Trinajstić information content (AvgIpc) is 3.43. The van der Waals surface area contributed by atoms with Crippen LogP contribution < -0.4 is 10.6 Å². The first-order chi connectivity index (χ1) is 17.4. The summed E-state index contributed by atoms with van der Waals surface area (Å²) in [6.45, 7) is 5.73. The number of anilines is 1. The van der Waals surface area contributed by atoms with E-state index in [0.29, 0.717) is 39.3 Å². The molecular weight excluding hydrogens is 458 g/mol. The first-order valence-electron chi connectivity index (χ1n) is 11.3. The van der Waals surface area contributed by atoms with Gasteiger partial charge in [0.1, 0.15) is 11.5 Å². The lowest BCUT2D eigenvalue weighted by Gasteiger charge is -2.10. The highest BCUT2D eigenvalue weighted by Gasteiger charge is 2.21. The van der Waals surface area contributed by atoms with E-state index in [-0.39, 0.29) is 24.1 Å². The smallest absolute Gasteiger partial charge is 0.259 e. The highest BCUT2D eigenvalue weighted by molar-refractivity contribution is 6.07. The highest BCUT2D eigenvalue weighted by Crippen LogP contribution is 2.30. The van der Waals surface area contributed by atoms with Crippen molar-refractivity contribution in [3.8, 4) is 11.3 Å². The summed E-state index contributed by atoms with van der Waals surface area (Å²) >= 11 is 0. The summed E-state index contributed by atoms with van der Waals surface area (Å²) < 4.78 is 11.0. The molecule has 0 saturated heterocycles. The van der Waals surface area contributed by atoms with Gasteiger partial charge in [0.15, 0.2) is 0 Å². The summed E-state index contributed by atoms with van der Waals surface area (Å²) in [6.07, 6.45) is 3.13. The lowest BCUT2D eigenvalue weighted by atomic mass is 10.1. The zero-order valence-electron chi connectivity index (χ0n) is 20.0. The quantitative estimate of drug-likeness (QED) is 0.350. The molecule has 0 aliphatic carbocycles. The molecule has 4 aromatic heterocycles. The van der Waals surface area contributed by atoms with Gasteiger partial charge >= 0.3 is 0 Å². The molecule has 9 heteroatoms. The molecule has 0 unspecified atom stereocenters. The van der Waals surface area contributed by atoms with Gasteiger partial charge in [-0.15, -0.1) is 0 Å². The van der Waals surface area contributed by atoms with Crippen LogP contribution in [0.2, 0.25) is 0 Å². The fourth-order valence-electron chi connectivity index (χ4n) is 4.04. The Kier molecular flexibility index (Phi) is 6.03. The number of rotatable bonds is 6. The van der Waals surface area contributed by atoms with Gasteiger partial charge in [-0.25, -0.2) is 4.98 Å². The number of hydrogen-bond donors (Lipinski definition) is 2. The number of carbonyl (C=O) groups excluding carboxylic acids is 2. The van der Waals surface area contributed by atoms with E-state index in [9.17, 15) is 9.59 Å². The number of nitrogens with one attached hydrogen (secondary N) is 2. The molecule has 36 heavy (non-hydrogen) atoms. The zero-order valence-corrected chi connectivity index (χ0v) is 20.0. The van der Waals surface area contributed by atoms with Crippen LogP contribution in [0, 0.1) is 20.8 Å². The van der Waals surface area contributed by atoms with Crippen LogP contribution in [-0.2, 0) is 6.54 Å². The van der Waals surface area contributed by atoms with E-state index in [1.165, 1.54) is 0 Å². The van der Waals surface area contributed by atoms with E-state index in [4.69, 9.17) is 8.94 Å². The SMILES string of the molecule is Cc1cc(-c2cc(C(=O)NCc3cccc(NC(=O)c4ccncc4)c3)c3c(C)noc3n2)c(C)o1. The second-order valence-electron chi connectivity index (χ2n) is 8.40. The topological polar surface area (TPSA) is 123 Å². The van der Waals surface area contributed by atoms with E-state index < -0.39 is 0 Å². The predicted molar refractivity (Wildman–Crippen MR) is 134 cm³/mol. The summed E-state index contributed by atoms with van der Waals surface area (Å²) in [5, 5.41) is 10.4. The van der Waals surface area contributed by atoms with Gasteiger partial charge in [-0.3, -0.25) is 14.6 Å². The molecule has 0 aliphatic heterocycles. The lowest BCUT2D eigenvalue weighted by Crippen LogP contribution is -2.23. The molecule has 5 aromatic rings. The van der Waals surface area contributed by atoms with Crippen LogP contribution in [-0.4, -0.2) is 26.9 Å². The van der Waals surface area contributed by atoms with Crippen molar-refractivity contribution < 1.29 is 18.5 Å². The third-order valence-corrected chi connectivity index (χ3v) is 5.76. The van der Waals surface area contributed by atoms with Crippen molar-refractivity contribution >= 4 is 28.6 Å². The normalized spacial score (nSPS) is 11.0. The molecule has 0 saturated carbocycles. The molecule has 1 aromatic carbocycles. The van der Waals surface area contributed by atoms with Gasteiger partial charge < -0.3 is 19.6 Å². The van der Waals surface area contributed by atoms with Crippen LogP contribution in [0.4, 0.5) is 5.69 Å². The lowest BCUT2D eigenvalue weighted by molar-refractivity contribution is 0.0951. The van der Waals surface area contributed by atoms with Crippen LogP contribution in [0.15, 0.2) is 69.9 Å². The van der Waals surface area contributed by atoms with E-state index in [2.05, 4.69) is 25.8 Å². The summed E-state index contributed by atoms with van der Waals surface area (Å²) in [5.41, 5.74) is 4.59. The Hall–Kier alpha value is -4.79. The minimum absolute atomic E-state index is 0.238. The first-order valence-corrected chi connectivity index (χ1v) is 11.3. The number of aromatic nitrogens is 3. The summed E-state index contributed by atoms with van der Waals surface area (Å²) in [7, 11) is 0. The van der Waals surface area contributed by atoms with Crippen molar-refractivity contribution in [3.05, 3.63) is 94.8 Å². The molecule has 0 radical (unpaired) electrons. The van der Waals surface area contributed by atoms with Crippen molar-refractivity contribution in [3.63, 3.8) is 0 Å². The number of aryl methyl sites for hydroxylation is 3. The van der Waals surface area contributed by atoms with E-state index >= 15 is 0 Å². The molecule has 5 rings (SSSR count). The molecule has 0 atom stereocenters. The second-order valence-corrected chi connectivity index (χ2v) is 8.40. The number of pyridine rings is 2. The Balaban J connectivity index is 1.37. The Morgan fingerprint density at radius 2 is 1.78 bits per heavy atom.